The Morgan fingerprint density at radius 1 is 1.40 bits per heavy atom. The molecule has 0 saturated carbocycles. The molecule has 4 heteroatoms. The first-order chi connectivity index (χ1) is 4.61. The van der Waals surface area contributed by atoms with Crippen LogP contribution in [0.4, 0.5) is 0 Å². The van der Waals surface area contributed by atoms with Crippen LogP contribution in [0.25, 0.3) is 0 Å². The lowest BCUT2D eigenvalue weighted by Crippen LogP contribution is -2.51. The molecular weight excluding hydrogens is 134 g/mol. The number of morpholine rings is 1. The zero-order valence-corrected chi connectivity index (χ0v) is 5.88. The molecule has 1 aliphatic rings. The molecule has 1 rings (SSSR count). The molecule has 1 saturated heterocycles. The van der Waals surface area contributed by atoms with Crippen LogP contribution in [0.1, 0.15) is 13.8 Å². The van der Waals surface area contributed by atoms with Crippen molar-refractivity contribution in [3.8, 4) is 0 Å². The second kappa shape index (κ2) is 2.28. The minimum absolute atomic E-state index is 0.0785. The molecule has 1 aliphatic heterocycles. The largest absolute Gasteiger partial charge is 0.453 e. The second-order valence-corrected chi connectivity index (χ2v) is 2.37. The highest BCUT2D eigenvalue weighted by atomic mass is 16.6. The van der Waals surface area contributed by atoms with Crippen LogP contribution < -0.4 is 5.32 Å². The Balaban J connectivity index is 2.63. The predicted octanol–water partition coefficient (Wildman–Crippen LogP) is -0.564. The molecule has 0 aromatic carbocycles. The number of ether oxygens (including phenoxy) is 1. The van der Waals surface area contributed by atoms with Crippen LogP contribution in [0.3, 0.4) is 0 Å². The van der Waals surface area contributed by atoms with E-state index in [1.807, 2.05) is 0 Å². The fourth-order valence-electron chi connectivity index (χ4n) is 0.707. The number of amides is 1. The average molecular weight is 143 g/mol. The van der Waals surface area contributed by atoms with Crippen molar-refractivity contribution in [2.24, 2.45) is 0 Å². The fourth-order valence-corrected chi connectivity index (χ4v) is 0.707. The van der Waals surface area contributed by atoms with Gasteiger partial charge in [0, 0.05) is 0 Å². The first-order valence-corrected chi connectivity index (χ1v) is 3.12. The van der Waals surface area contributed by atoms with Gasteiger partial charge in [0.1, 0.15) is 6.10 Å². The van der Waals surface area contributed by atoms with Gasteiger partial charge in [-0.2, -0.15) is 0 Å². The van der Waals surface area contributed by atoms with Gasteiger partial charge in [-0.1, -0.05) is 0 Å². The Kier molecular flexibility index (Phi) is 1.61. The summed E-state index contributed by atoms with van der Waals surface area (Å²) in [5.41, 5.74) is 0. The van der Waals surface area contributed by atoms with Crippen molar-refractivity contribution >= 4 is 11.9 Å². The van der Waals surface area contributed by atoms with Crippen molar-refractivity contribution in [1.29, 1.82) is 0 Å². The van der Waals surface area contributed by atoms with Gasteiger partial charge in [0.2, 0.25) is 0 Å². The second-order valence-electron chi connectivity index (χ2n) is 2.37. The summed E-state index contributed by atoms with van der Waals surface area (Å²) in [4.78, 5) is 21.1. The molecule has 0 aromatic rings. The molecule has 0 aromatic heterocycles. The van der Waals surface area contributed by atoms with E-state index >= 15 is 0 Å². The number of esters is 1. The summed E-state index contributed by atoms with van der Waals surface area (Å²) in [7, 11) is 0. The number of hydrogen-bond acceptors (Lipinski definition) is 3. The summed E-state index contributed by atoms with van der Waals surface area (Å²) in [6.45, 7) is 3.52. The zero-order chi connectivity index (χ0) is 7.72. The van der Waals surface area contributed by atoms with Gasteiger partial charge in [-0.05, 0) is 13.8 Å². The van der Waals surface area contributed by atoms with Crippen LogP contribution in [-0.2, 0) is 14.3 Å². The molecular formula is C6H9NO3. The van der Waals surface area contributed by atoms with Gasteiger partial charge in [-0.3, -0.25) is 4.79 Å². The molecule has 56 valence electrons. The topological polar surface area (TPSA) is 55.4 Å². The third kappa shape index (κ3) is 1.10. The maximum atomic E-state index is 10.6. The highest BCUT2D eigenvalue weighted by Gasteiger charge is 2.29. The van der Waals surface area contributed by atoms with Gasteiger partial charge in [0.05, 0.1) is 6.04 Å². The van der Waals surface area contributed by atoms with E-state index in [0.717, 1.165) is 0 Å². The molecule has 2 unspecified atom stereocenters. The Morgan fingerprint density at radius 2 is 2.00 bits per heavy atom. The van der Waals surface area contributed by atoms with Crippen molar-refractivity contribution in [2.75, 3.05) is 0 Å². The van der Waals surface area contributed by atoms with Crippen molar-refractivity contribution in [3.05, 3.63) is 0 Å². The number of carbonyl (C=O) groups is 2. The lowest BCUT2D eigenvalue weighted by atomic mass is 10.2. The van der Waals surface area contributed by atoms with Gasteiger partial charge < -0.3 is 10.1 Å². The summed E-state index contributed by atoms with van der Waals surface area (Å²) in [5.74, 6) is -1.43. The lowest BCUT2D eigenvalue weighted by molar-refractivity contribution is -0.165. The first-order valence-electron chi connectivity index (χ1n) is 3.12. The molecule has 0 radical (unpaired) electrons. The number of cyclic esters (lactones) is 1. The number of nitrogens with one attached hydrogen (secondary N) is 1. The number of hydrogen-bond donors (Lipinski definition) is 1. The number of carbonyl (C=O) groups excluding carboxylic acids is 2. The van der Waals surface area contributed by atoms with E-state index in [-0.39, 0.29) is 12.1 Å². The molecule has 4 nitrogen and oxygen atoms in total. The fraction of sp³-hybridized carbons (Fsp3) is 0.667. The molecule has 1 N–H and O–H groups in total. The van der Waals surface area contributed by atoms with E-state index in [4.69, 9.17) is 0 Å². The minimum Gasteiger partial charge on any atom is -0.453 e. The normalized spacial score (nSPS) is 33.0. The van der Waals surface area contributed by atoms with Gasteiger partial charge in [-0.25, -0.2) is 4.79 Å². The maximum absolute atomic E-state index is 10.6. The average Bonchev–Trinajstić information content (AvgIpc) is 1.84. The minimum atomic E-state index is -0.786. The van der Waals surface area contributed by atoms with Crippen LogP contribution in [0, 0.1) is 0 Å². The van der Waals surface area contributed by atoms with Gasteiger partial charge in [0.25, 0.3) is 0 Å². The van der Waals surface area contributed by atoms with Gasteiger partial charge >= 0.3 is 11.9 Å². The molecule has 2 atom stereocenters. The van der Waals surface area contributed by atoms with E-state index in [1.165, 1.54) is 0 Å². The first kappa shape index (κ1) is 7.05. The summed E-state index contributed by atoms with van der Waals surface area (Å²) < 4.78 is 4.66. The smallest absolute Gasteiger partial charge is 0.397 e. The standard InChI is InChI=1S/C6H9NO3/c1-3-4(2)10-6(9)5(8)7-3/h3-4H,1-2H3,(H,7,8). The van der Waals surface area contributed by atoms with Crippen molar-refractivity contribution < 1.29 is 14.3 Å². The van der Waals surface area contributed by atoms with Crippen LogP contribution in [0.2, 0.25) is 0 Å². The van der Waals surface area contributed by atoms with Crippen LogP contribution in [0.5, 0.6) is 0 Å². The van der Waals surface area contributed by atoms with Gasteiger partial charge in [0.15, 0.2) is 0 Å². The predicted molar refractivity (Wildman–Crippen MR) is 33.2 cm³/mol. The highest BCUT2D eigenvalue weighted by Crippen LogP contribution is 2.03. The molecule has 1 fully saturated rings. The van der Waals surface area contributed by atoms with Crippen LogP contribution >= 0.6 is 0 Å². The highest BCUT2D eigenvalue weighted by molar-refractivity contribution is 6.33. The maximum Gasteiger partial charge on any atom is 0.397 e. The number of rotatable bonds is 0. The molecule has 1 heterocycles. The zero-order valence-electron chi connectivity index (χ0n) is 5.88. The summed E-state index contributed by atoms with van der Waals surface area (Å²) in [6.07, 6.45) is -0.217. The van der Waals surface area contributed by atoms with E-state index in [2.05, 4.69) is 10.1 Å². The molecule has 0 aliphatic carbocycles. The third-order valence-electron chi connectivity index (χ3n) is 1.54. The Hall–Kier alpha value is -1.06. The van der Waals surface area contributed by atoms with Crippen molar-refractivity contribution in [2.45, 2.75) is 26.0 Å². The quantitative estimate of drug-likeness (QED) is 0.365. The molecule has 0 bridgehead atoms. The van der Waals surface area contributed by atoms with E-state index in [0.29, 0.717) is 0 Å². The van der Waals surface area contributed by atoms with E-state index in [1.54, 1.807) is 13.8 Å². The Bertz CT molecular complexity index is 158. The van der Waals surface area contributed by atoms with E-state index < -0.39 is 11.9 Å². The Morgan fingerprint density at radius 3 is 2.50 bits per heavy atom. The van der Waals surface area contributed by atoms with E-state index in [9.17, 15) is 9.59 Å². The third-order valence-corrected chi connectivity index (χ3v) is 1.54. The summed E-state index contributed by atoms with van der Waals surface area (Å²) >= 11 is 0. The SMILES string of the molecule is CC1NC(=O)C(=O)OC1C. The summed E-state index contributed by atoms with van der Waals surface area (Å²) in [6, 6.07) is -0.0785. The van der Waals surface area contributed by atoms with Crippen molar-refractivity contribution in [3.63, 3.8) is 0 Å². The van der Waals surface area contributed by atoms with Crippen molar-refractivity contribution in [1.82, 2.24) is 5.32 Å². The monoisotopic (exact) mass is 143 g/mol. The molecule has 1 amide bonds. The Labute approximate surface area is 58.5 Å². The van der Waals surface area contributed by atoms with Gasteiger partial charge in [-0.15, -0.1) is 0 Å². The molecule has 10 heavy (non-hydrogen) atoms. The molecule has 0 spiro atoms. The van der Waals surface area contributed by atoms with Crippen LogP contribution in [0.15, 0.2) is 0 Å². The summed E-state index contributed by atoms with van der Waals surface area (Å²) in [5, 5.41) is 2.47. The van der Waals surface area contributed by atoms with Crippen LogP contribution in [-0.4, -0.2) is 24.0 Å². The lowest BCUT2D eigenvalue weighted by Gasteiger charge is -2.25.